The molecule has 0 aliphatic rings. The molecule has 0 saturated carbocycles. The molecule has 24 heavy (non-hydrogen) atoms. The van der Waals surface area contributed by atoms with Crippen molar-refractivity contribution in [1.82, 2.24) is 5.32 Å². The molecule has 2 rings (SSSR count). The summed E-state index contributed by atoms with van der Waals surface area (Å²) in [6.45, 7) is 2.60. The van der Waals surface area contributed by atoms with Gasteiger partial charge in [-0.05, 0) is 30.2 Å². The Bertz CT molecular complexity index is 761. The van der Waals surface area contributed by atoms with E-state index < -0.39 is 6.09 Å². The molecule has 2 aromatic rings. The van der Waals surface area contributed by atoms with E-state index in [2.05, 4.69) is 17.2 Å². The number of alkyl carbamates (subject to hydrolysis) is 1. The Morgan fingerprint density at radius 2 is 1.88 bits per heavy atom. The molecule has 1 amide bonds. The molecule has 0 unspecified atom stereocenters. The van der Waals surface area contributed by atoms with Gasteiger partial charge in [0.1, 0.15) is 6.61 Å². The number of nitrogens with two attached hydrogens (primary N) is 2. The monoisotopic (exact) mass is 323 g/mol. The molecule has 0 bridgehead atoms. The van der Waals surface area contributed by atoms with Crippen LogP contribution in [0.3, 0.4) is 0 Å². The number of hydrogen-bond donors (Lipinski definition) is 3. The van der Waals surface area contributed by atoms with Crippen LogP contribution in [0.2, 0.25) is 0 Å². The number of carbonyl (C=O) groups excluding carboxylic acids is 1. The zero-order valence-corrected chi connectivity index (χ0v) is 13.6. The van der Waals surface area contributed by atoms with Crippen molar-refractivity contribution >= 4 is 17.5 Å². The second kappa shape index (κ2) is 8.49. The first-order valence-electron chi connectivity index (χ1n) is 7.65. The van der Waals surface area contributed by atoms with Crippen molar-refractivity contribution in [3.05, 3.63) is 59.2 Å². The van der Waals surface area contributed by atoms with E-state index in [9.17, 15) is 4.79 Å². The average molecular weight is 323 g/mol. The average Bonchev–Trinajstić information content (AvgIpc) is 2.58. The van der Waals surface area contributed by atoms with Crippen molar-refractivity contribution < 1.29 is 9.53 Å². The van der Waals surface area contributed by atoms with Gasteiger partial charge in [-0.3, -0.25) is 0 Å². The first kappa shape index (κ1) is 17.2. The van der Waals surface area contributed by atoms with Crippen LogP contribution in [-0.4, -0.2) is 12.6 Å². The topological polar surface area (TPSA) is 90.4 Å². The van der Waals surface area contributed by atoms with E-state index in [-0.39, 0.29) is 6.61 Å². The predicted octanol–water partition coefficient (Wildman–Crippen LogP) is 2.83. The number of amides is 1. The van der Waals surface area contributed by atoms with Crippen LogP contribution in [0.1, 0.15) is 23.1 Å². The van der Waals surface area contributed by atoms with Gasteiger partial charge < -0.3 is 21.5 Å². The fourth-order valence-electron chi connectivity index (χ4n) is 2.04. The predicted molar refractivity (Wildman–Crippen MR) is 96.1 cm³/mol. The fourth-order valence-corrected chi connectivity index (χ4v) is 2.04. The summed E-state index contributed by atoms with van der Waals surface area (Å²) in [5.74, 6) is 6.04. The van der Waals surface area contributed by atoms with E-state index in [1.165, 1.54) is 0 Å². The second-order valence-corrected chi connectivity index (χ2v) is 5.34. The van der Waals surface area contributed by atoms with E-state index in [0.29, 0.717) is 24.3 Å². The van der Waals surface area contributed by atoms with E-state index in [1.807, 2.05) is 37.3 Å². The Hall–Kier alpha value is -3.13. The number of nitrogen functional groups attached to an aromatic ring is 2. The van der Waals surface area contributed by atoms with Crippen LogP contribution in [0, 0.1) is 18.8 Å². The molecule has 0 aromatic heterocycles. The number of anilines is 2. The number of benzene rings is 2. The molecule has 0 aliphatic carbocycles. The van der Waals surface area contributed by atoms with Crippen LogP contribution < -0.4 is 16.8 Å². The second-order valence-electron chi connectivity index (χ2n) is 5.34. The van der Waals surface area contributed by atoms with Gasteiger partial charge in [-0.15, -0.1) is 0 Å². The zero-order valence-electron chi connectivity index (χ0n) is 13.6. The van der Waals surface area contributed by atoms with Gasteiger partial charge in [-0.2, -0.15) is 0 Å². The lowest BCUT2D eigenvalue weighted by molar-refractivity contribution is 0.140. The first-order valence-corrected chi connectivity index (χ1v) is 7.65. The zero-order chi connectivity index (χ0) is 17.4. The Morgan fingerprint density at radius 1 is 1.17 bits per heavy atom. The summed E-state index contributed by atoms with van der Waals surface area (Å²) in [6, 6.07) is 13.1. The molecular weight excluding hydrogens is 302 g/mol. The minimum absolute atomic E-state index is 0.252. The highest BCUT2D eigenvalue weighted by Crippen LogP contribution is 2.19. The third-order valence-electron chi connectivity index (χ3n) is 3.39. The molecule has 0 radical (unpaired) electrons. The maximum Gasteiger partial charge on any atom is 0.407 e. The molecule has 0 heterocycles. The van der Waals surface area contributed by atoms with Crippen molar-refractivity contribution in [2.45, 2.75) is 20.0 Å². The highest BCUT2D eigenvalue weighted by Gasteiger charge is 2.01. The van der Waals surface area contributed by atoms with Crippen molar-refractivity contribution in [2.75, 3.05) is 18.0 Å². The van der Waals surface area contributed by atoms with Gasteiger partial charge >= 0.3 is 6.09 Å². The number of aryl methyl sites for hydroxylation is 1. The minimum Gasteiger partial charge on any atom is -0.445 e. The maximum atomic E-state index is 11.6. The Balaban J connectivity index is 1.73. The largest absolute Gasteiger partial charge is 0.445 e. The van der Waals surface area contributed by atoms with Gasteiger partial charge in [0.2, 0.25) is 0 Å². The number of rotatable bonds is 4. The summed E-state index contributed by atoms with van der Waals surface area (Å²) in [6.07, 6.45) is 0.0676. The molecule has 0 saturated heterocycles. The van der Waals surface area contributed by atoms with Gasteiger partial charge in [0.05, 0.1) is 11.4 Å². The minimum atomic E-state index is -0.450. The Kier molecular flexibility index (Phi) is 6.09. The lowest BCUT2D eigenvalue weighted by Crippen LogP contribution is -2.24. The molecule has 0 fully saturated rings. The molecule has 5 N–H and O–H groups in total. The summed E-state index contributed by atoms with van der Waals surface area (Å²) < 4.78 is 5.11. The van der Waals surface area contributed by atoms with E-state index in [4.69, 9.17) is 16.2 Å². The van der Waals surface area contributed by atoms with Crippen LogP contribution in [-0.2, 0) is 11.3 Å². The molecule has 0 aliphatic heterocycles. The van der Waals surface area contributed by atoms with Gasteiger partial charge in [0.15, 0.2) is 0 Å². The van der Waals surface area contributed by atoms with Crippen LogP contribution in [0.5, 0.6) is 0 Å². The van der Waals surface area contributed by atoms with Crippen molar-refractivity contribution in [3.8, 4) is 11.8 Å². The Labute approximate surface area is 142 Å². The van der Waals surface area contributed by atoms with E-state index in [1.54, 1.807) is 12.1 Å². The SMILES string of the molecule is Cc1cc(N)c(N)cc1C#CCCNC(=O)OCc1ccccc1. The third-order valence-corrected chi connectivity index (χ3v) is 3.39. The number of carbonyl (C=O) groups is 1. The van der Waals surface area contributed by atoms with Gasteiger partial charge in [0, 0.05) is 18.5 Å². The number of hydrogen-bond acceptors (Lipinski definition) is 4. The van der Waals surface area contributed by atoms with Crippen molar-refractivity contribution in [2.24, 2.45) is 0 Å². The van der Waals surface area contributed by atoms with Crippen LogP contribution in [0.4, 0.5) is 16.2 Å². The van der Waals surface area contributed by atoms with Crippen molar-refractivity contribution in [3.63, 3.8) is 0 Å². The normalized spacial score (nSPS) is 9.71. The summed E-state index contributed by atoms with van der Waals surface area (Å²) in [5.41, 5.74) is 15.4. The highest BCUT2D eigenvalue weighted by molar-refractivity contribution is 5.68. The van der Waals surface area contributed by atoms with E-state index >= 15 is 0 Å². The molecule has 0 atom stereocenters. The highest BCUT2D eigenvalue weighted by atomic mass is 16.5. The van der Waals surface area contributed by atoms with Crippen molar-refractivity contribution in [1.29, 1.82) is 0 Å². The van der Waals surface area contributed by atoms with Crippen LogP contribution in [0.15, 0.2) is 42.5 Å². The maximum absolute atomic E-state index is 11.6. The molecule has 5 nitrogen and oxygen atoms in total. The molecule has 5 heteroatoms. The summed E-state index contributed by atoms with van der Waals surface area (Å²) in [4.78, 5) is 11.6. The third kappa shape index (κ3) is 5.25. The summed E-state index contributed by atoms with van der Waals surface area (Å²) in [7, 11) is 0. The van der Waals surface area contributed by atoms with Gasteiger partial charge in [-0.1, -0.05) is 42.2 Å². The van der Waals surface area contributed by atoms with E-state index in [0.717, 1.165) is 16.7 Å². The number of ether oxygens (including phenoxy) is 1. The van der Waals surface area contributed by atoms with Crippen LogP contribution in [0.25, 0.3) is 0 Å². The summed E-state index contributed by atoms with van der Waals surface area (Å²) in [5, 5.41) is 2.67. The lowest BCUT2D eigenvalue weighted by atomic mass is 10.1. The van der Waals surface area contributed by atoms with Crippen LogP contribution >= 0.6 is 0 Å². The molecule has 2 aromatic carbocycles. The number of nitrogens with one attached hydrogen (secondary N) is 1. The smallest absolute Gasteiger partial charge is 0.407 e. The van der Waals surface area contributed by atoms with Gasteiger partial charge in [0.25, 0.3) is 0 Å². The molecule has 124 valence electrons. The standard InChI is InChI=1S/C19H21N3O2/c1-14-11-17(20)18(21)12-16(14)9-5-6-10-22-19(23)24-13-15-7-3-2-4-8-15/h2-4,7-8,11-12H,6,10,13,20-21H2,1H3,(H,22,23). The molecular formula is C19H21N3O2. The first-order chi connectivity index (χ1) is 11.6. The fraction of sp³-hybridized carbons (Fsp3) is 0.211. The van der Waals surface area contributed by atoms with Gasteiger partial charge in [-0.25, -0.2) is 4.79 Å². The lowest BCUT2D eigenvalue weighted by Gasteiger charge is -2.05. The molecule has 0 spiro atoms. The summed E-state index contributed by atoms with van der Waals surface area (Å²) >= 11 is 0. The Morgan fingerprint density at radius 3 is 2.62 bits per heavy atom. The quantitative estimate of drug-likeness (QED) is 0.458.